The van der Waals surface area contributed by atoms with Crippen LogP contribution in [0.3, 0.4) is 0 Å². The van der Waals surface area contributed by atoms with Gasteiger partial charge >= 0.3 is 0 Å². The Morgan fingerprint density at radius 1 is 0.667 bits per heavy atom. The molecule has 1 aromatic heterocycles. The van der Waals surface area contributed by atoms with E-state index in [1.54, 1.807) is 18.3 Å². The molecule has 1 saturated carbocycles. The highest BCUT2D eigenvalue weighted by Crippen LogP contribution is 2.38. The molecule has 1 aliphatic carbocycles. The number of nitrogens with zero attached hydrogens (tertiary/aromatic N) is 2. The summed E-state index contributed by atoms with van der Waals surface area (Å²) >= 11 is 0. The summed E-state index contributed by atoms with van der Waals surface area (Å²) < 4.78 is 16.1. The summed E-state index contributed by atoms with van der Waals surface area (Å²) in [5, 5.41) is 0.707. The fourth-order valence-corrected chi connectivity index (χ4v) is 8.49. The second-order valence-electron chi connectivity index (χ2n) is 11.0. The van der Waals surface area contributed by atoms with Gasteiger partial charge in [-0.2, -0.15) is 0 Å². The molecule has 0 N–H and O–H groups in total. The standard InChI is InChI=1S/C22H19FN2Si.C15H15B/c23-20-12-7-13-21(16-20)26-22(25-15-14-24-17-25,18-8-3-1-4-9-18)19-10-5-2-6-11-19;1-3-7-13(8-4-1)16(15-11-12-15)14-9-5-2-6-10-14/h1-17H,26H2;1-10,15H,11-12H2. The zero-order chi connectivity index (χ0) is 28.6. The summed E-state index contributed by atoms with van der Waals surface area (Å²) in [6.07, 6.45) is 8.45. The molecule has 206 valence electrons. The molecule has 0 aliphatic heterocycles. The lowest BCUT2D eigenvalue weighted by molar-refractivity contribution is 0.596. The Kier molecular flexibility index (Phi) is 8.57. The van der Waals surface area contributed by atoms with Gasteiger partial charge in [-0.05, 0) is 23.3 Å². The molecule has 0 atom stereocenters. The minimum Gasteiger partial charge on any atom is -0.326 e. The normalized spacial score (nSPS) is 13.0. The first-order valence-electron chi connectivity index (χ1n) is 14.7. The minimum absolute atomic E-state index is 0.185. The van der Waals surface area contributed by atoms with E-state index in [-0.39, 0.29) is 11.0 Å². The molecule has 0 saturated heterocycles. The van der Waals surface area contributed by atoms with Crippen molar-refractivity contribution in [3.8, 4) is 0 Å². The Hall–Kier alpha value is -4.48. The van der Waals surface area contributed by atoms with Gasteiger partial charge in [-0.25, -0.2) is 9.37 Å². The van der Waals surface area contributed by atoms with Crippen molar-refractivity contribution in [3.63, 3.8) is 0 Å². The van der Waals surface area contributed by atoms with Crippen LogP contribution in [0.5, 0.6) is 0 Å². The molecule has 0 unspecified atom stereocenters. The van der Waals surface area contributed by atoms with Gasteiger partial charge in [-0.3, -0.25) is 0 Å². The Morgan fingerprint density at radius 3 is 1.64 bits per heavy atom. The molecule has 6 aromatic rings. The van der Waals surface area contributed by atoms with Crippen LogP contribution in [0, 0.1) is 5.82 Å². The van der Waals surface area contributed by atoms with Crippen LogP contribution in [-0.4, -0.2) is 25.8 Å². The van der Waals surface area contributed by atoms with Gasteiger partial charge in [0, 0.05) is 12.4 Å². The van der Waals surface area contributed by atoms with Crippen molar-refractivity contribution in [1.29, 1.82) is 0 Å². The van der Waals surface area contributed by atoms with Crippen LogP contribution in [0.15, 0.2) is 164 Å². The molecule has 0 radical (unpaired) electrons. The van der Waals surface area contributed by atoms with Gasteiger partial charge in [0.15, 0.2) is 0 Å². The summed E-state index contributed by atoms with van der Waals surface area (Å²) in [5.74, 6) is 0.681. The Bertz CT molecular complexity index is 1580. The van der Waals surface area contributed by atoms with Gasteiger partial charge in [-0.15, -0.1) is 0 Å². The van der Waals surface area contributed by atoms with Crippen LogP contribution in [0.4, 0.5) is 4.39 Å². The lowest BCUT2D eigenvalue weighted by Crippen LogP contribution is -2.46. The fourth-order valence-electron chi connectivity index (χ4n) is 6.10. The van der Waals surface area contributed by atoms with Crippen LogP contribution in [0.25, 0.3) is 0 Å². The lowest BCUT2D eigenvalue weighted by Gasteiger charge is -2.37. The SMILES string of the molecule is Fc1cccc([SiH2]C(c2ccccc2)(c2ccccc2)n2ccnc2)c1.c1ccc(B(c2ccccc2)C2CC2)cc1. The molecule has 1 aliphatic rings. The third-order valence-electron chi connectivity index (χ3n) is 8.21. The first kappa shape index (κ1) is 27.7. The number of rotatable bonds is 8. The van der Waals surface area contributed by atoms with E-state index in [0.717, 1.165) is 11.0 Å². The van der Waals surface area contributed by atoms with Gasteiger partial charge in [-0.1, -0.05) is 168 Å². The Morgan fingerprint density at radius 2 is 1.19 bits per heavy atom. The summed E-state index contributed by atoms with van der Waals surface area (Å²) in [6, 6.07) is 49.7. The van der Waals surface area contributed by atoms with Crippen LogP contribution in [-0.2, 0) is 5.16 Å². The average Bonchev–Trinajstić information content (AvgIpc) is 3.73. The third-order valence-corrected chi connectivity index (χ3v) is 10.7. The van der Waals surface area contributed by atoms with E-state index in [1.807, 2.05) is 30.7 Å². The van der Waals surface area contributed by atoms with E-state index >= 15 is 0 Å². The van der Waals surface area contributed by atoms with Crippen LogP contribution in [0.2, 0.25) is 5.82 Å². The number of imidazole rings is 1. The van der Waals surface area contributed by atoms with E-state index in [0.29, 0.717) is 6.71 Å². The Balaban J connectivity index is 0.000000168. The molecule has 7 rings (SSSR count). The zero-order valence-electron chi connectivity index (χ0n) is 23.6. The molecule has 1 heterocycles. The predicted molar refractivity (Wildman–Crippen MR) is 177 cm³/mol. The molecule has 42 heavy (non-hydrogen) atoms. The molecular formula is C37H34BFN2Si. The van der Waals surface area contributed by atoms with Crippen molar-refractivity contribution in [1.82, 2.24) is 9.55 Å². The maximum absolute atomic E-state index is 13.9. The van der Waals surface area contributed by atoms with E-state index in [4.69, 9.17) is 0 Å². The smallest absolute Gasteiger partial charge is 0.212 e. The van der Waals surface area contributed by atoms with Gasteiger partial charge < -0.3 is 4.57 Å². The monoisotopic (exact) mass is 564 g/mol. The quantitative estimate of drug-likeness (QED) is 0.216. The second kappa shape index (κ2) is 13.0. The molecule has 2 nitrogen and oxygen atoms in total. The van der Waals surface area contributed by atoms with Gasteiger partial charge in [0.25, 0.3) is 0 Å². The van der Waals surface area contributed by atoms with Crippen molar-refractivity contribution >= 4 is 32.3 Å². The predicted octanol–water partition coefficient (Wildman–Crippen LogP) is 5.73. The van der Waals surface area contributed by atoms with Crippen molar-refractivity contribution in [2.75, 3.05) is 0 Å². The van der Waals surface area contributed by atoms with Crippen molar-refractivity contribution in [2.45, 2.75) is 23.8 Å². The maximum Gasteiger partial charge on any atom is 0.212 e. The third kappa shape index (κ3) is 6.22. The zero-order valence-corrected chi connectivity index (χ0v) is 25.1. The highest BCUT2D eigenvalue weighted by Gasteiger charge is 2.37. The number of benzene rings is 5. The number of hydrogen-bond acceptors (Lipinski definition) is 1. The number of aromatic nitrogens is 2. The second-order valence-corrected chi connectivity index (χ2v) is 13.2. The Labute approximate surface area is 250 Å². The van der Waals surface area contributed by atoms with Crippen molar-refractivity contribution < 1.29 is 4.39 Å². The molecule has 5 heteroatoms. The summed E-state index contributed by atoms with van der Waals surface area (Å²) in [6.45, 7) is 0.613. The molecular weight excluding hydrogens is 530 g/mol. The van der Waals surface area contributed by atoms with Gasteiger partial charge in [0.2, 0.25) is 6.71 Å². The van der Waals surface area contributed by atoms with Crippen LogP contribution >= 0.6 is 0 Å². The van der Waals surface area contributed by atoms with E-state index in [2.05, 4.69) is 119 Å². The topological polar surface area (TPSA) is 17.8 Å². The first-order valence-corrected chi connectivity index (χ1v) is 16.1. The fraction of sp³-hybridized carbons (Fsp3) is 0.108. The summed E-state index contributed by atoms with van der Waals surface area (Å²) in [4.78, 5) is 4.31. The van der Waals surface area contributed by atoms with E-state index in [9.17, 15) is 4.39 Å². The maximum atomic E-state index is 13.9. The van der Waals surface area contributed by atoms with Crippen molar-refractivity contribution in [2.24, 2.45) is 0 Å². The van der Waals surface area contributed by atoms with E-state index < -0.39 is 9.52 Å². The molecule has 0 spiro atoms. The average molecular weight is 565 g/mol. The minimum atomic E-state index is -1.01. The van der Waals surface area contributed by atoms with Crippen molar-refractivity contribution in [3.05, 3.63) is 181 Å². The number of hydrogen-bond donors (Lipinski definition) is 0. The highest BCUT2D eigenvalue weighted by atomic mass is 28.2. The first-order chi connectivity index (χ1) is 20.7. The van der Waals surface area contributed by atoms with Crippen LogP contribution in [0.1, 0.15) is 24.0 Å². The van der Waals surface area contributed by atoms with Gasteiger partial charge in [0.1, 0.15) is 5.82 Å². The highest BCUT2D eigenvalue weighted by molar-refractivity contribution is 6.86. The van der Waals surface area contributed by atoms with Crippen LogP contribution < -0.4 is 16.1 Å². The molecule has 0 amide bonds. The molecule has 0 bridgehead atoms. The largest absolute Gasteiger partial charge is 0.326 e. The lowest BCUT2D eigenvalue weighted by atomic mass is 9.37. The summed E-state index contributed by atoms with van der Waals surface area (Å²) in [5.41, 5.74) is 5.33. The van der Waals surface area contributed by atoms with E-state index in [1.165, 1.54) is 41.0 Å². The number of halogens is 1. The van der Waals surface area contributed by atoms with Gasteiger partial charge in [0.05, 0.1) is 21.0 Å². The molecule has 1 fully saturated rings. The summed E-state index contributed by atoms with van der Waals surface area (Å²) in [7, 11) is -1.01. The molecule has 5 aromatic carbocycles.